The molecule has 1 aliphatic carbocycles. The lowest BCUT2D eigenvalue weighted by Crippen LogP contribution is -2.35. The van der Waals surface area contributed by atoms with E-state index in [9.17, 15) is 4.39 Å². The molecular weight excluding hydrogens is 239 g/mol. The van der Waals surface area contributed by atoms with Crippen LogP contribution in [0.25, 0.3) is 0 Å². The summed E-state index contributed by atoms with van der Waals surface area (Å²) in [5.74, 6) is 0.658. The summed E-state index contributed by atoms with van der Waals surface area (Å²) in [7, 11) is 2.00. The van der Waals surface area contributed by atoms with Crippen LogP contribution < -0.4 is 10.6 Å². The molecule has 0 unspecified atom stereocenters. The third-order valence-corrected chi connectivity index (χ3v) is 4.41. The van der Waals surface area contributed by atoms with Crippen LogP contribution in [0.15, 0.2) is 18.2 Å². The average molecular weight is 264 g/mol. The Morgan fingerprint density at radius 3 is 2.42 bits per heavy atom. The van der Waals surface area contributed by atoms with Gasteiger partial charge in [0.2, 0.25) is 0 Å². The zero-order chi connectivity index (χ0) is 14.0. The van der Waals surface area contributed by atoms with Crippen molar-refractivity contribution in [1.82, 2.24) is 0 Å². The molecule has 1 atom stereocenters. The molecule has 1 aromatic rings. The molecule has 0 aliphatic heterocycles. The predicted molar refractivity (Wildman–Crippen MR) is 78.8 cm³/mol. The highest BCUT2D eigenvalue weighted by atomic mass is 19.1. The maximum Gasteiger partial charge on any atom is 0.146 e. The summed E-state index contributed by atoms with van der Waals surface area (Å²) in [6, 6.07) is 5.72. The third kappa shape index (κ3) is 3.27. The number of anilines is 1. The summed E-state index contributed by atoms with van der Waals surface area (Å²) >= 11 is 0. The molecule has 1 aliphatic rings. The molecule has 0 radical (unpaired) electrons. The van der Waals surface area contributed by atoms with Gasteiger partial charge in [-0.1, -0.05) is 13.0 Å². The Labute approximate surface area is 115 Å². The number of rotatable bonds is 3. The van der Waals surface area contributed by atoms with E-state index in [4.69, 9.17) is 5.73 Å². The number of nitrogens with zero attached hydrogens (tertiary/aromatic N) is 1. The lowest BCUT2D eigenvalue weighted by Gasteiger charge is -2.35. The number of benzene rings is 1. The van der Waals surface area contributed by atoms with Crippen molar-refractivity contribution >= 4 is 5.69 Å². The van der Waals surface area contributed by atoms with Crippen molar-refractivity contribution in [3.05, 3.63) is 29.6 Å². The lowest BCUT2D eigenvalue weighted by atomic mass is 9.86. The van der Waals surface area contributed by atoms with E-state index in [1.54, 1.807) is 6.07 Å². The second kappa shape index (κ2) is 5.91. The van der Waals surface area contributed by atoms with Gasteiger partial charge < -0.3 is 10.6 Å². The minimum absolute atomic E-state index is 0.121. The van der Waals surface area contributed by atoms with E-state index in [0.29, 0.717) is 11.7 Å². The smallest absolute Gasteiger partial charge is 0.146 e. The van der Waals surface area contributed by atoms with Gasteiger partial charge in [0.1, 0.15) is 5.82 Å². The zero-order valence-electron chi connectivity index (χ0n) is 12.2. The third-order valence-electron chi connectivity index (χ3n) is 4.41. The van der Waals surface area contributed by atoms with Crippen molar-refractivity contribution in [1.29, 1.82) is 0 Å². The molecule has 1 saturated carbocycles. The molecule has 1 aromatic carbocycles. The van der Waals surface area contributed by atoms with E-state index >= 15 is 0 Å². The van der Waals surface area contributed by atoms with Crippen molar-refractivity contribution in [3.63, 3.8) is 0 Å². The van der Waals surface area contributed by atoms with E-state index in [1.165, 1.54) is 12.8 Å². The van der Waals surface area contributed by atoms with Crippen LogP contribution in [0, 0.1) is 11.7 Å². The van der Waals surface area contributed by atoms with Crippen molar-refractivity contribution < 1.29 is 4.39 Å². The standard InChI is InChI=1S/C16H25FN2/c1-11-4-7-14(8-5-11)19(3)16-9-6-13(12(2)18)10-15(16)17/h6,9-12,14H,4-5,7-8,18H2,1-3H3/t11?,12-,14?/m0/s1. The Morgan fingerprint density at radius 2 is 1.89 bits per heavy atom. The monoisotopic (exact) mass is 264 g/mol. The van der Waals surface area contributed by atoms with Gasteiger partial charge in [-0.05, 0) is 56.2 Å². The number of halogens is 1. The van der Waals surface area contributed by atoms with Gasteiger partial charge in [-0.3, -0.25) is 0 Å². The molecule has 2 N–H and O–H groups in total. The molecule has 19 heavy (non-hydrogen) atoms. The van der Waals surface area contributed by atoms with Gasteiger partial charge in [0.25, 0.3) is 0 Å². The fourth-order valence-electron chi connectivity index (χ4n) is 2.92. The summed E-state index contributed by atoms with van der Waals surface area (Å²) in [5.41, 5.74) is 7.34. The maximum absolute atomic E-state index is 14.2. The number of hydrogen-bond acceptors (Lipinski definition) is 2. The fourth-order valence-corrected chi connectivity index (χ4v) is 2.92. The van der Waals surface area contributed by atoms with E-state index in [0.717, 1.165) is 24.3 Å². The molecule has 0 spiro atoms. The molecule has 2 rings (SSSR count). The summed E-state index contributed by atoms with van der Waals surface area (Å²) in [4.78, 5) is 2.10. The van der Waals surface area contributed by atoms with Crippen molar-refractivity contribution in [2.45, 2.75) is 51.6 Å². The Kier molecular flexibility index (Phi) is 4.46. The summed E-state index contributed by atoms with van der Waals surface area (Å²) in [6.45, 7) is 4.18. The van der Waals surface area contributed by atoms with E-state index in [1.807, 2.05) is 26.1 Å². The van der Waals surface area contributed by atoms with Crippen LogP contribution in [0.4, 0.5) is 10.1 Å². The van der Waals surface area contributed by atoms with E-state index in [-0.39, 0.29) is 11.9 Å². The minimum atomic E-state index is -0.157. The largest absolute Gasteiger partial charge is 0.369 e. The summed E-state index contributed by atoms with van der Waals surface area (Å²) in [6.07, 6.45) is 4.81. The van der Waals surface area contributed by atoms with Gasteiger partial charge in [0, 0.05) is 19.1 Å². The minimum Gasteiger partial charge on any atom is -0.369 e. The highest BCUT2D eigenvalue weighted by Crippen LogP contribution is 2.31. The van der Waals surface area contributed by atoms with Gasteiger partial charge >= 0.3 is 0 Å². The molecular formula is C16H25FN2. The number of hydrogen-bond donors (Lipinski definition) is 1. The first-order valence-electron chi connectivity index (χ1n) is 7.27. The SMILES string of the molecule is CC1CCC(N(C)c2ccc([C@H](C)N)cc2F)CC1. The normalized spacial score (nSPS) is 25.1. The van der Waals surface area contributed by atoms with Crippen LogP contribution >= 0.6 is 0 Å². The van der Waals surface area contributed by atoms with Gasteiger partial charge in [0.15, 0.2) is 0 Å². The van der Waals surface area contributed by atoms with Crippen molar-refractivity contribution in [2.75, 3.05) is 11.9 Å². The summed E-state index contributed by atoms with van der Waals surface area (Å²) < 4.78 is 14.2. The first kappa shape index (κ1) is 14.3. The Hall–Kier alpha value is -1.09. The topological polar surface area (TPSA) is 29.3 Å². The first-order valence-corrected chi connectivity index (χ1v) is 7.27. The van der Waals surface area contributed by atoms with Crippen LogP contribution in [0.3, 0.4) is 0 Å². The lowest BCUT2D eigenvalue weighted by molar-refractivity contribution is 0.339. The van der Waals surface area contributed by atoms with Crippen molar-refractivity contribution in [2.24, 2.45) is 11.7 Å². The molecule has 0 bridgehead atoms. The molecule has 0 aromatic heterocycles. The van der Waals surface area contributed by atoms with E-state index < -0.39 is 0 Å². The predicted octanol–water partition coefficient (Wildman–Crippen LogP) is 3.86. The Balaban J connectivity index is 2.12. The first-order chi connectivity index (χ1) is 8.99. The molecule has 2 nitrogen and oxygen atoms in total. The zero-order valence-corrected chi connectivity index (χ0v) is 12.2. The highest BCUT2D eigenvalue weighted by Gasteiger charge is 2.23. The molecule has 0 saturated heterocycles. The number of nitrogens with two attached hydrogens (primary N) is 1. The van der Waals surface area contributed by atoms with Crippen LogP contribution in [0.5, 0.6) is 0 Å². The summed E-state index contributed by atoms with van der Waals surface area (Å²) in [5, 5.41) is 0. The average Bonchev–Trinajstić information content (AvgIpc) is 2.38. The molecule has 0 amide bonds. The van der Waals surface area contributed by atoms with Crippen LogP contribution in [0.1, 0.15) is 51.1 Å². The maximum atomic E-state index is 14.2. The second-order valence-electron chi connectivity index (χ2n) is 6.02. The molecule has 106 valence electrons. The molecule has 3 heteroatoms. The van der Waals surface area contributed by atoms with Crippen LogP contribution in [-0.2, 0) is 0 Å². The Bertz CT molecular complexity index is 423. The quantitative estimate of drug-likeness (QED) is 0.898. The van der Waals surface area contributed by atoms with Crippen molar-refractivity contribution in [3.8, 4) is 0 Å². The Morgan fingerprint density at radius 1 is 1.26 bits per heavy atom. The second-order valence-corrected chi connectivity index (χ2v) is 6.02. The highest BCUT2D eigenvalue weighted by molar-refractivity contribution is 5.49. The van der Waals surface area contributed by atoms with E-state index in [2.05, 4.69) is 11.8 Å². The van der Waals surface area contributed by atoms with Crippen LogP contribution in [0.2, 0.25) is 0 Å². The van der Waals surface area contributed by atoms with Gasteiger partial charge in [0.05, 0.1) is 5.69 Å². The van der Waals surface area contributed by atoms with Gasteiger partial charge in [-0.2, -0.15) is 0 Å². The molecule has 0 heterocycles. The fraction of sp³-hybridized carbons (Fsp3) is 0.625. The van der Waals surface area contributed by atoms with Gasteiger partial charge in [-0.25, -0.2) is 4.39 Å². The van der Waals surface area contributed by atoms with Gasteiger partial charge in [-0.15, -0.1) is 0 Å². The molecule has 1 fully saturated rings. The van der Waals surface area contributed by atoms with Crippen LogP contribution in [-0.4, -0.2) is 13.1 Å².